The average Bonchev–Trinajstić information content (AvgIpc) is 3.21. The Labute approximate surface area is 210 Å². The number of halogens is 2. The summed E-state index contributed by atoms with van der Waals surface area (Å²) < 4.78 is 30.5. The van der Waals surface area contributed by atoms with Crippen LogP contribution in [-0.2, 0) is 11.3 Å². The van der Waals surface area contributed by atoms with Gasteiger partial charge in [-0.1, -0.05) is 6.92 Å². The number of nitrogen functional groups attached to an aromatic ring is 2. The van der Waals surface area contributed by atoms with Gasteiger partial charge in [-0.05, 0) is 60.5 Å². The second kappa shape index (κ2) is 9.56. The molecule has 0 aliphatic heterocycles. The molecule has 0 radical (unpaired) electrons. The normalized spacial score (nSPS) is 14.8. The molecule has 11 heteroatoms. The largest absolute Gasteiger partial charge is 0.490 e. The summed E-state index contributed by atoms with van der Waals surface area (Å²) in [6, 6.07) is 8.90. The first-order chi connectivity index (χ1) is 16.5. The van der Waals surface area contributed by atoms with Crippen molar-refractivity contribution in [3.63, 3.8) is 0 Å². The average molecular weight is 547 g/mol. The van der Waals surface area contributed by atoms with Crippen molar-refractivity contribution in [2.75, 3.05) is 18.1 Å². The molecule has 2 atom stereocenters. The van der Waals surface area contributed by atoms with E-state index in [4.69, 9.17) is 20.9 Å². The number of fused-ring (bicyclic) bond motifs is 2. The quantitative estimate of drug-likeness (QED) is 0.265. The van der Waals surface area contributed by atoms with E-state index >= 15 is 4.39 Å². The molecule has 4 aromatic rings. The predicted molar refractivity (Wildman–Crippen MR) is 137 cm³/mol. The molecule has 0 spiro atoms. The summed E-state index contributed by atoms with van der Waals surface area (Å²) >= 11 is 3.36. The standard InChI is InChI=1S/C24H28BrFN6O3/c1-4-24(26,12-34-15-6-5-14-9-17(25)21(28)31-18(14)10-15)19(35-23(2,3)33)11-32-8-7-16-20(27)29-13-30-22(16)32/h5-10,13,19,33H,4,11-12H2,1-3H3,(H2,28,31)(H2,27,29,30)/t19-,24-/m0/s1. The molecule has 3 aromatic heterocycles. The zero-order valence-corrected chi connectivity index (χ0v) is 21.3. The highest BCUT2D eigenvalue weighted by atomic mass is 79.9. The van der Waals surface area contributed by atoms with Gasteiger partial charge in [0.05, 0.1) is 21.9 Å². The topological polar surface area (TPSA) is 134 Å². The lowest BCUT2D eigenvalue weighted by Crippen LogP contribution is -2.50. The molecule has 3 heterocycles. The maximum Gasteiger partial charge on any atom is 0.172 e. The van der Waals surface area contributed by atoms with Crippen LogP contribution in [0.25, 0.3) is 21.9 Å². The Kier molecular flexibility index (Phi) is 6.85. The fourth-order valence-electron chi connectivity index (χ4n) is 3.86. The minimum absolute atomic E-state index is 0.0709. The van der Waals surface area contributed by atoms with Crippen LogP contribution in [0.2, 0.25) is 0 Å². The number of ether oxygens (including phenoxy) is 2. The molecule has 4 rings (SSSR count). The smallest absolute Gasteiger partial charge is 0.172 e. The molecule has 0 amide bonds. The number of pyridine rings is 1. The van der Waals surface area contributed by atoms with Crippen LogP contribution >= 0.6 is 15.9 Å². The van der Waals surface area contributed by atoms with Crippen LogP contribution in [-0.4, -0.2) is 48.8 Å². The molecule has 1 aromatic carbocycles. The van der Waals surface area contributed by atoms with Crippen molar-refractivity contribution in [2.24, 2.45) is 0 Å². The van der Waals surface area contributed by atoms with E-state index in [1.165, 1.54) is 20.2 Å². The monoisotopic (exact) mass is 546 g/mol. The minimum atomic E-state index is -1.95. The number of rotatable bonds is 9. The van der Waals surface area contributed by atoms with Crippen molar-refractivity contribution in [2.45, 2.75) is 51.3 Å². The highest BCUT2D eigenvalue weighted by Crippen LogP contribution is 2.32. The van der Waals surface area contributed by atoms with E-state index < -0.39 is 17.6 Å². The Morgan fingerprint density at radius 2 is 1.94 bits per heavy atom. The summed E-state index contributed by atoms with van der Waals surface area (Å²) in [5.74, 6) is -0.454. The molecule has 35 heavy (non-hydrogen) atoms. The molecular weight excluding hydrogens is 519 g/mol. The fraction of sp³-hybridized carbons (Fsp3) is 0.375. The van der Waals surface area contributed by atoms with Gasteiger partial charge in [0.15, 0.2) is 11.5 Å². The zero-order chi connectivity index (χ0) is 25.4. The lowest BCUT2D eigenvalue weighted by Gasteiger charge is -2.36. The molecule has 0 bridgehead atoms. The molecule has 0 saturated heterocycles. The lowest BCUT2D eigenvalue weighted by atomic mass is 9.95. The zero-order valence-electron chi connectivity index (χ0n) is 19.7. The number of nitrogens with two attached hydrogens (primary N) is 2. The van der Waals surface area contributed by atoms with Crippen LogP contribution in [0.5, 0.6) is 5.75 Å². The van der Waals surface area contributed by atoms with Gasteiger partial charge in [0, 0.05) is 17.6 Å². The number of anilines is 2. The summed E-state index contributed by atoms with van der Waals surface area (Å²) in [5, 5.41) is 11.9. The maximum atomic E-state index is 16.4. The van der Waals surface area contributed by atoms with Crippen LogP contribution in [0, 0.1) is 0 Å². The third kappa shape index (κ3) is 5.47. The van der Waals surface area contributed by atoms with Crippen LogP contribution < -0.4 is 16.2 Å². The van der Waals surface area contributed by atoms with E-state index in [1.807, 2.05) is 12.1 Å². The van der Waals surface area contributed by atoms with E-state index in [1.54, 1.807) is 35.9 Å². The molecule has 9 nitrogen and oxygen atoms in total. The van der Waals surface area contributed by atoms with Crippen LogP contribution in [0.15, 0.2) is 47.3 Å². The minimum Gasteiger partial charge on any atom is -0.490 e. The SMILES string of the molecule is CC[C@](F)(COc1ccc2cc(Br)c(N)nc2c1)[C@H](Cn1ccc2c(N)ncnc21)OC(C)(C)O. The molecule has 0 saturated carbocycles. The lowest BCUT2D eigenvalue weighted by molar-refractivity contribution is -0.240. The van der Waals surface area contributed by atoms with Gasteiger partial charge in [0.1, 0.15) is 42.1 Å². The predicted octanol–water partition coefficient (Wildman–Crippen LogP) is 4.22. The fourth-order valence-corrected chi connectivity index (χ4v) is 4.19. The van der Waals surface area contributed by atoms with Crippen molar-refractivity contribution >= 4 is 49.5 Å². The Morgan fingerprint density at radius 3 is 2.66 bits per heavy atom. The first-order valence-electron chi connectivity index (χ1n) is 11.1. The Morgan fingerprint density at radius 1 is 1.17 bits per heavy atom. The van der Waals surface area contributed by atoms with Gasteiger partial charge in [-0.3, -0.25) is 0 Å². The van der Waals surface area contributed by atoms with Gasteiger partial charge in [-0.25, -0.2) is 19.3 Å². The van der Waals surface area contributed by atoms with Crippen molar-refractivity contribution < 1.29 is 19.0 Å². The summed E-state index contributed by atoms with van der Waals surface area (Å²) in [5.41, 5.74) is 11.1. The Balaban J connectivity index is 1.61. The third-order valence-electron chi connectivity index (χ3n) is 5.79. The molecule has 0 aliphatic rings. The third-order valence-corrected chi connectivity index (χ3v) is 6.43. The van der Waals surface area contributed by atoms with Crippen molar-refractivity contribution in [1.82, 2.24) is 19.5 Å². The highest BCUT2D eigenvalue weighted by Gasteiger charge is 2.42. The number of benzene rings is 1. The number of aromatic nitrogens is 4. The van der Waals surface area contributed by atoms with Gasteiger partial charge >= 0.3 is 0 Å². The number of hydrogen-bond acceptors (Lipinski definition) is 8. The van der Waals surface area contributed by atoms with E-state index in [2.05, 4.69) is 30.9 Å². The van der Waals surface area contributed by atoms with Gasteiger partial charge < -0.3 is 30.6 Å². The summed E-state index contributed by atoms with van der Waals surface area (Å²) in [6.45, 7) is 4.39. The van der Waals surface area contributed by atoms with E-state index in [9.17, 15) is 5.11 Å². The van der Waals surface area contributed by atoms with Crippen LogP contribution in [0.4, 0.5) is 16.0 Å². The molecule has 5 N–H and O–H groups in total. The molecular formula is C24H28BrFN6O3. The maximum absolute atomic E-state index is 16.4. The summed E-state index contributed by atoms with van der Waals surface area (Å²) in [7, 11) is 0. The molecule has 0 aliphatic carbocycles. The van der Waals surface area contributed by atoms with Crippen molar-refractivity contribution in [1.29, 1.82) is 0 Å². The molecule has 0 unspecified atom stereocenters. The number of aliphatic hydroxyl groups is 1. The van der Waals surface area contributed by atoms with Crippen molar-refractivity contribution in [3.8, 4) is 5.75 Å². The second-order valence-electron chi connectivity index (χ2n) is 8.90. The van der Waals surface area contributed by atoms with Gasteiger partial charge in [-0.2, -0.15) is 0 Å². The number of nitrogens with zero attached hydrogens (tertiary/aromatic N) is 4. The van der Waals surface area contributed by atoms with Gasteiger partial charge in [0.2, 0.25) is 0 Å². The summed E-state index contributed by atoms with van der Waals surface area (Å²) in [6.07, 6.45) is 2.11. The second-order valence-corrected chi connectivity index (χ2v) is 9.76. The van der Waals surface area contributed by atoms with Crippen molar-refractivity contribution in [3.05, 3.63) is 47.3 Å². The van der Waals surface area contributed by atoms with Crippen LogP contribution in [0.1, 0.15) is 27.2 Å². The molecule has 0 fully saturated rings. The first kappa shape index (κ1) is 25.1. The Bertz CT molecular complexity index is 1360. The number of alkyl halides is 1. The molecule has 186 valence electrons. The van der Waals surface area contributed by atoms with Gasteiger partial charge in [0.25, 0.3) is 0 Å². The Hall–Kier alpha value is -3.02. The van der Waals surface area contributed by atoms with E-state index in [0.717, 1.165) is 5.39 Å². The number of hydrogen-bond donors (Lipinski definition) is 3. The van der Waals surface area contributed by atoms with Crippen LogP contribution in [0.3, 0.4) is 0 Å². The highest BCUT2D eigenvalue weighted by molar-refractivity contribution is 9.10. The first-order valence-corrected chi connectivity index (χ1v) is 11.9. The summed E-state index contributed by atoms with van der Waals surface area (Å²) in [4.78, 5) is 12.6. The van der Waals surface area contributed by atoms with E-state index in [0.29, 0.717) is 38.4 Å². The van der Waals surface area contributed by atoms with E-state index in [-0.39, 0.29) is 19.6 Å². The van der Waals surface area contributed by atoms with Gasteiger partial charge in [-0.15, -0.1) is 0 Å².